The zero-order valence-electron chi connectivity index (χ0n) is 22.9. The Morgan fingerprint density at radius 3 is 2.55 bits per heavy atom. The molecule has 0 fully saturated rings. The van der Waals surface area contributed by atoms with Gasteiger partial charge in [0.15, 0.2) is 5.65 Å². The van der Waals surface area contributed by atoms with E-state index >= 15 is 0 Å². The number of benzene rings is 1. The molecule has 0 N–H and O–H groups in total. The van der Waals surface area contributed by atoms with Gasteiger partial charge in [0.25, 0.3) is 11.5 Å². The predicted octanol–water partition coefficient (Wildman–Crippen LogP) is 4.69. The molecule has 0 spiro atoms. The van der Waals surface area contributed by atoms with Gasteiger partial charge in [0.05, 0.1) is 35.3 Å². The molecule has 14 heteroatoms. The molecule has 5 heterocycles. The zero-order chi connectivity index (χ0) is 30.1. The molecule has 1 aliphatic rings. The highest BCUT2D eigenvalue weighted by atomic mass is 79.9. The van der Waals surface area contributed by atoms with Gasteiger partial charge in [-0.2, -0.15) is 18.3 Å². The van der Waals surface area contributed by atoms with E-state index in [1.807, 2.05) is 37.6 Å². The molecule has 0 saturated heterocycles. The summed E-state index contributed by atoms with van der Waals surface area (Å²) in [5.41, 5.74) is 1.99. The number of alkyl halides is 3. The molecular formula is C28H24BrF3N8O2. The van der Waals surface area contributed by atoms with Crippen LogP contribution in [0.25, 0.3) is 22.9 Å². The van der Waals surface area contributed by atoms with Crippen molar-refractivity contribution in [2.45, 2.75) is 46.0 Å². The lowest BCUT2D eigenvalue weighted by Crippen LogP contribution is -2.46. The average molecular weight is 641 g/mol. The van der Waals surface area contributed by atoms with Crippen LogP contribution in [0.15, 0.2) is 52.0 Å². The van der Waals surface area contributed by atoms with Crippen molar-refractivity contribution < 1.29 is 18.0 Å². The van der Waals surface area contributed by atoms with Crippen LogP contribution in [0, 0.1) is 13.8 Å². The first kappa shape index (κ1) is 27.8. The topological polar surface area (TPSA) is 104 Å². The van der Waals surface area contributed by atoms with Crippen LogP contribution in [0.3, 0.4) is 0 Å². The lowest BCUT2D eigenvalue weighted by Gasteiger charge is -2.34. The van der Waals surface area contributed by atoms with E-state index in [2.05, 4.69) is 31.0 Å². The lowest BCUT2D eigenvalue weighted by atomic mass is 9.98. The summed E-state index contributed by atoms with van der Waals surface area (Å²) >= 11 is 2.92. The van der Waals surface area contributed by atoms with E-state index in [-0.39, 0.29) is 34.5 Å². The van der Waals surface area contributed by atoms with E-state index < -0.39 is 23.7 Å². The summed E-state index contributed by atoms with van der Waals surface area (Å²) in [4.78, 5) is 42.9. The molecule has 10 nitrogen and oxygen atoms in total. The summed E-state index contributed by atoms with van der Waals surface area (Å²) in [6, 6.07) is 8.27. The Kier molecular flexibility index (Phi) is 6.55. The van der Waals surface area contributed by atoms with Crippen molar-refractivity contribution in [3.05, 3.63) is 91.3 Å². The standard InChI is InChI=1S/C28H24BrF3N8O2/c1-14-9-16(3)40(36-14)27-34-21-12-38(25(41)17-5-6-20(29)19(11-17)28(30,31)32)15(2)10-18(21)26(42)39(27)23-8-7-22-24(35-23)33-13-37(22)4/h5-9,11,13,15H,10,12H2,1-4H3/t15-/m1/s1. The van der Waals surface area contributed by atoms with Gasteiger partial charge in [-0.3, -0.25) is 9.59 Å². The Labute approximate surface area is 245 Å². The Balaban J connectivity index is 1.48. The summed E-state index contributed by atoms with van der Waals surface area (Å²) in [7, 11) is 1.84. The second-order valence-corrected chi connectivity index (χ2v) is 11.2. The second kappa shape index (κ2) is 9.89. The van der Waals surface area contributed by atoms with Crippen molar-refractivity contribution in [2.24, 2.45) is 7.05 Å². The highest BCUT2D eigenvalue weighted by Gasteiger charge is 2.36. The average Bonchev–Trinajstić information content (AvgIpc) is 3.47. The van der Waals surface area contributed by atoms with Crippen LogP contribution < -0.4 is 5.56 Å². The number of carbonyl (C=O) groups excluding carboxylic acids is 1. The number of halogens is 4. The second-order valence-electron chi connectivity index (χ2n) is 10.4. The molecule has 4 aromatic heterocycles. The Hall–Kier alpha value is -4.33. The maximum Gasteiger partial charge on any atom is 0.417 e. The molecule has 1 amide bonds. The summed E-state index contributed by atoms with van der Waals surface area (Å²) in [5.74, 6) is -0.103. The normalized spacial score (nSPS) is 15.3. The van der Waals surface area contributed by atoms with E-state index in [9.17, 15) is 22.8 Å². The molecule has 1 atom stereocenters. The quantitative estimate of drug-likeness (QED) is 0.284. The number of fused-ring (bicyclic) bond motifs is 2. The molecule has 5 aromatic rings. The van der Waals surface area contributed by atoms with Gasteiger partial charge in [0.1, 0.15) is 5.82 Å². The molecule has 1 aromatic carbocycles. The molecule has 6 rings (SSSR count). The number of amides is 1. The van der Waals surface area contributed by atoms with E-state index in [1.165, 1.54) is 26.3 Å². The van der Waals surface area contributed by atoms with Crippen LogP contribution >= 0.6 is 15.9 Å². The third kappa shape index (κ3) is 4.59. The van der Waals surface area contributed by atoms with Gasteiger partial charge < -0.3 is 9.47 Å². The van der Waals surface area contributed by atoms with E-state index in [0.29, 0.717) is 28.4 Å². The molecule has 0 saturated carbocycles. The van der Waals surface area contributed by atoms with Crippen LogP contribution in [0.4, 0.5) is 13.2 Å². The highest BCUT2D eigenvalue weighted by Crippen LogP contribution is 2.36. The minimum absolute atomic E-state index is 0.0676. The number of hydrogen-bond acceptors (Lipinski definition) is 6. The Morgan fingerprint density at radius 2 is 1.86 bits per heavy atom. The van der Waals surface area contributed by atoms with Crippen molar-refractivity contribution in [2.75, 3.05) is 0 Å². The van der Waals surface area contributed by atoms with Crippen LogP contribution in [-0.2, 0) is 26.2 Å². The number of imidazole rings is 1. The van der Waals surface area contributed by atoms with Crippen molar-refractivity contribution in [1.29, 1.82) is 0 Å². The number of nitrogens with zero attached hydrogens (tertiary/aromatic N) is 8. The third-order valence-corrected chi connectivity index (χ3v) is 8.07. The molecule has 0 radical (unpaired) electrons. The number of rotatable bonds is 3. The number of aromatic nitrogens is 7. The number of hydrogen-bond donors (Lipinski definition) is 0. The van der Waals surface area contributed by atoms with E-state index in [0.717, 1.165) is 17.3 Å². The van der Waals surface area contributed by atoms with E-state index in [4.69, 9.17) is 4.98 Å². The number of carbonyl (C=O) groups is 1. The van der Waals surface area contributed by atoms with Gasteiger partial charge >= 0.3 is 6.18 Å². The maximum atomic E-state index is 14.1. The summed E-state index contributed by atoms with van der Waals surface area (Å²) in [6.07, 6.45) is -2.85. The van der Waals surface area contributed by atoms with Gasteiger partial charge in [-0.05, 0) is 63.6 Å². The largest absolute Gasteiger partial charge is 0.417 e. The number of pyridine rings is 1. The van der Waals surface area contributed by atoms with E-state index in [1.54, 1.807) is 19.3 Å². The minimum atomic E-state index is -4.64. The molecular weight excluding hydrogens is 617 g/mol. The fraction of sp³-hybridized carbons (Fsp3) is 0.286. The molecule has 0 unspecified atom stereocenters. The van der Waals surface area contributed by atoms with Crippen LogP contribution in [0.5, 0.6) is 0 Å². The lowest BCUT2D eigenvalue weighted by molar-refractivity contribution is -0.138. The van der Waals surface area contributed by atoms with Crippen LogP contribution in [0.2, 0.25) is 0 Å². The van der Waals surface area contributed by atoms with Crippen molar-refractivity contribution in [3.8, 4) is 11.8 Å². The minimum Gasteiger partial charge on any atom is -0.332 e. The summed E-state index contributed by atoms with van der Waals surface area (Å²) in [6.45, 7) is 5.33. The third-order valence-electron chi connectivity index (χ3n) is 7.38. The first-order valence-corrected chi connectivity index (χ1v) is 13.8. The summed E-state index contributed by atoms with van der Waals surface area (Å²) < 4.78 is 45.2. The number of aryl methyl sites for hydroxylation is 3. The van der Waals surface area contributed by atoms with Gasteiger partial charge in [0.2, 0.25) is 5.95 Å². The van der Waals surface area contributed by atoms with Gasteiger partial charge in [-0.25, -0.2) is 24.2 Å². The first-order valence-electron chi connectivity index (χ1n) is 13.0. The Bertz CT molecular complexity index is 1960. The van der Waals surface area contributed by atoms with Crippen LogP contribution in [0.1, 0.15) is 45.5 Å². The zero-order valence-corrected chi connectivity index (χ0v) is 24.5. The monoisotopic (exact) mass is 640 g/mol. The first-order chi connectivity index (χ1) is 19.8. The van der Waals surface area contributed by atoms with Crippen molar-refractivity contribution >= 4 is 33.0 Å². The molecule has 0 bridgehead atoms. The Morgan fingerprint density at radius 1 is 1.10 bits per heavy atom. The fourth-order valence-electron chi connectivity index (χ4n) is 5.27. The highest BCUT2D eigenvalue weighted by molar-refractivity contribution is 9.10. The molecule has 216 valence electrons. The van der Waals surface area contributed by atoms with Crippen LogP contribution in [-0.4, -0.2) is 50.7 Å². The molecule has 42 heavy (non-hydrogen) atoms. The summed E-state index contributed by atoms with van der Waals surface area (Å²) in [5, 5.41) is 4.54. The van der Waals surface area contributed by atoms with Crippen molar-refractivity contribution in [1.82, 2.24) is 38.8 Å². The predicted molar refractivity (Wildman–Crippen MR) is 151 cm³/mol. The maximum absolute atomic E-state index is 14.1. The fourth-order valence-corrected chi connectivity index (χ4v) is 5.74. The molecule has 0 aliphatic carbocycles. The van der Waals surface area contributed by atoms with Gasteiger partial charge in [-0.15, -0.1) is 0 Å². The molecule has 1 aliphatic heterocycles. The smallest absolute Gasteiger partial charge is 0.332 e. The van der Waals surface area contributed by atoms with Gasteiger partial charge in [-0.1, -0.05) is 15.9 Å². The van der Waals surface area contributed by atoms with Crippen molar-refractivity contribution in [3.63, 3.8) is 0 Å². The SMILES string of the molecule is Cc1cc(C)n(-c2nc3c(c(=O)n2-c2ccc4c(ncn4C)n2)C[C@@H](C)N(C(=O)c2ccc(Br)c(C(F)(F)F)c2)C3)n1. The van der Waals surface area contributed by atoms with Gasteiger partial charge in [0, 0.05) is 34.4 Å².